The predicted octanol–water partition coefficient (Wildman–Crippen LogP) is -0.445. The summed E-state index contributed by atoms with van der Waals surface area (Å²) >= 11 is 0. The van der Waals surface area contributed by atoms with E-state index in [1.807, 2.05) is 7.05 Å². The molecule has 0 saturated heterocycles. The molecule has 2 aromatic heterocycles. The minimum Gasteiger partial charge on any atom is -0.354 e. The van der Waals surface area contributed by atoms with Crippen molar-refractivity contribution in [3.8, 4) is 0 Å². The topological polar surface area (TPSA) is 64.7 Å². The van der Waals surface area contributed by atoms with Crippen molar-refractivity contribution in [2.75, 3.05) is 11.9 Å². The zero-order valence-corrected chi connectivity index (χ0v) is 7.69. The molecule has 0 radical (unpaired) electrons. The summed E-state index contributed by atoms with van der Waals surface area (Å²) in [5.41, 5.74) is 1.02. The van der Waals surface area contributed by atoms with Crippen molar-refractivity contribution in [1.82, 2.24) is 19.1 Å². The highest BCUT2D eigenvalue weighted by Crippen LogP contribution is 2.12. The van der Waals surface area contributed by atoms with E-state index < -0.39 is 0 Å². The first-order valence-corrected chi connectivity index (χ1v) is 4.43. The Morgan fingerprint density at radius 3 is 3.29 bits per heavy atom. The van der Waals surface area contributed by atoms with Crippen LogP contribution in [-0.2, 0) is 13.6 Å². The lowest BCUT2D eigenvalue weighted by Gasteiger charge is -2.00. The molecule has 0 bridgehead atoms. The van der Waals surface area contributed by atoms with Crippen LogP contribution in [0, 0.1) is 0 Å². The second kappa shape index (κ2) is 2.34. The molecule has 0 aliphatic carbocycles. The fourth-order valence-corrected chi connectivity index (χ4v) is 1.71. The first-order valence-electron chi connectivity index (χ1n) is 4.43. The van der Waals surface area contributed by atoms with Gasteiger partial charge in [-0.2, -0.15) is 4.98 Å². The first-order chi connectivity index (χ1) is 6.77. The van der Waals surface area contributed by atoms with E-state index in [4.69, 9.17) is 0 Å². The van der Waals surface area contributed by atoms with E-state index in [-0.39, 0.29) is 5.56 Å². The van der Waals surface area contributed by atoms with E-state index in [1.165, 1.54) is 0 Å². The third kappa shape index (κ3) is 0.773. The third-order valence-electron chi connectivity index (χ3n) is 2.44. The summed E-state index contributed by atoms with van der Waals surface area (Å²) in [6.07, 6.45) is 1.61. The largest absolute Gasteiger partial charge is 0.354 e. The highest BCUT2D eigenvalue weighted by Gasteiger charge is 2.17. The lowest BCUT2D eigenvalue weighted by atomic mass is 10.5. The van der Waals surface area contributed by atoms with Crippen molar-refractivity contribution in [3.63, 3.8) is 0 Å². The van der Waals surface area contributed by atoms with Gasteiger partial charge in [0.25, 0.3) is 5.56 Å². The standard InChI is InChI=1S/C8H9N5O/c1-12-4-10-5-6(12)11-8-9-2-3-13(8)7(5)14/h4H,2-3H2,1H3,(H,9,11). The maximum Gasteiger partial charge on any atom is 0.283 e. The van der Waals surface area contributed by atoms with Crippen molar-refractivity contribution in [3.05, 3.63) is 16.7 Å². The second-order valence-corrected chi connectivity index (χ2v) is 3.35. The highest BCUT2D eigenvalue weighted by molar-refractivity contribution is 5.71. The summed E-state index contributed by atoms with van der Waals surface area (Å²) in [7, 11) is 1.83. The summed E-state index contributed by atoms with van der Waals surface area (Å²) in [5.74, 6) is 0.645. The summed E-state index contributed by atoms with van der Waals surface area (Å²) in [5, 5.41) is 3.06. The number of aryl methyl sites for hydroxylation is 1. The number of anilines is 1. The van der Waals surface area contributed by atoms with Crippen LogP contribution in [0.25, 0.3) is 11.2 Å². The van der Waals surface area contributed by atoms with E-state index in [9.17, 15) is 4.79 Å². The number of nitrogens with zero attached hydrogens (tertiary/aromatic N) is 4. The molecule has 14 heavy (non-hydrogen) atoms. The van der Waals surface area contributed by atoms with Crippen LogP contribution in [-0.4, -0.2) is 25.6 Å². The summed E-state index contributed by atoms with van der Waals surface area (Å²) < 4.78 is 3.37. The number of nitrogens with one attached hydrogen (secondary N) is 1. The molecule has 1 N–H and O–H groups in total. The first kappa shape index (κ1) is 7.54. The fraction of sp³-hybridized carbons (Fsp3) is 0.375. The minimum absolute atomic E-state index is 0.0596. The molecule has 0 aromatic carbocycles. The molecule has 0 fully saturated rings. The lowest BCUT2D eigenvalue weighted by Crippen LogP contribution is -2.19. The van der Waals surface area contributed by atoms with Gasteiger partial charge in [0, 0.05) is 20.1 Å². The highest BCUT2D eigenvalue weighted by atomic mass is 16.1. The zero-order valence-electron chi connectivity index (χ0n) is 7.69. The van der Waals surface area contributed by atoms with E-state index in [1.54, 1.807) is 15.5 Å². The van der Waals surface area contributed by atoms with Crippen LogP contribution in [0.15, 0.2) is 11.1 Å². The molecule has 6 heteroatoms. The zero-order chi connectivity index (χ0) is 9.71. The van der Waals surface area contributed by atoms with Crippen LogP contribution in [0.5, 0.6) is 0 Å². The molecular weight excluding hydrogens is 182 g/mol. The predicted molar refractivity (Wildman–Crippen MR) is 51.3 cm³/mol. The van der Waals surface area contributed by atoms with Crippen LogP contribution in [0.3, 0.4) is 0 Å². The maximum absolute atomic E-state index is 11.8. The van der Waals surface area contributed by atoms with Gasteiger partial charge < -0.3 is 9.88 Å². The molecule has 0 spiro atoms. The van der Waals surface area contributed by atoms with Gasteiger partial charge >= 0.3 is 0 Å². The van der Waals surface area contributed by atoms with Crippen molar-refractivity contribution in [1.29, 1.82) is 0 Å². The Morgan fingerprint density at radius 2 is 2.43 bits per heavy atom. The van der Waals surface area contributed by atoms with Gasteiger partial charge in [-0.15, -0.1) is 0 Å². The van der Waals surface area contributed by atoms with Gasteiger partial charge in [-0.1, -0.05) is 0 Å². The lowest BCUT2D eigenvalue weighted by molar-refractivity contribution is 0.768. The number of aromatic nitrogens is 4. The third-order valence-corrected chi connectivity index (χ3v) is 2.44. The molecule has 1 aliphatic heterocycles. The number of hydrogen-bond donors (Lipinski definition) is 1. The Hall–Kier alpha value is -1.85. The molecule has 0 unspecified atom stereocenters. The quantitative estimate of drug-likeness (QED) is 0.613. The monoisotopic (exact) mass is 191 g/mol. The SMILES string of the molecule is Cn1cnc2c(=O)n3c(nc21)NCC3. The molecule has 0 saturated carbocycles. The Morgan fingerprint density at radius 1 is 1.57 bits per heavy atom. The second-order valence-electron chi connectivity index (χ2n) is 3.35. The summed E-state index contributed by atoms with van der Waals surface area (Å²) in [6.45, 7) is 1.44. The molecule has 6 nitrogen and oxygen atoms in total. The number of fused-ring (bicyclic) bond motifs is 2. The molecule has 0 amide bonds. The van der Waals surface area contributed by atoms with Crippen molar-refractivity contribution < 1.29 is 0 Å². The average Bonchev–Trinajstić information content (AvgIpc) is 2.75. The maximum atomic E-state index is 11.8. The van der Waals surface area contributed by atoms with Gasteiger partial charge in [-0.25, -0.2) is 4.98 Å². The fourth-order valence-electron chi connectivity index (χ4n) is 1.71. The molecule has 3 rings (SSSR count). The van der Waals surface area contributed by atoms with Crippen LogP contribution in [0.4, 0.5) is 5.95 Å². The van der Waals surface area contributed by atoms with Gasteiger partial charge in [-0.3, -0.25) is 9.36 Å². The van der Waals surface area contributed by atoms with Crippen LogP contribution in [0.1, 0.15) is 0 Å². The molecule has 0 atom stereocenters. The number of imidazole rings is 1. The van der Waals surface area contributed by atoms with Crippen LogP contribution >= 0.6 is 0 Å². The molecule has 3 heterocycles. The van der Waals surface area contributed by atoms with E-state index in [0.717, 1.165) is 6.54 Å². The minimum atomic E-state index is -0.0596. The van der Waals surface area contributed by atoms with Gasteiger partial charge in [-0.05, 0) is 0 Å². The van der Waals surface area contributed by atoms with Crippen molar-refractivity contribution in [2.45, 2.75) is 6.54 Å². The Bertz CT molecular complexity index is 567. The van der Waals surface area contributed by atoms with Crippen molar-refractivity contribution >= 4 is 17.1 Å². The molecular formula is C8H9N5O. The summed E-state index contributed by atoms with van der Waals surface area (Å²) in [4.78, 5) is 20.2. The average molecular weight is 191 g/mol. The number of rotatable bonds is 0. The van der Waals surface area contributed by atoms with Crippen molar-refractivity contribution in [2.24, 2.45) is 7.05 Å². The Balaban J connectivity index is 2.52. The van der Waals surface area contributed by atoms with Gasteiger partial charge in [0.05, 0.1) is 6.33 Å². The summed E-state index contributed by atoms with van der Waals surface area (Å²) in [6, 6.07) is 0. The van der Waals surface area contributed by atoms with E-state index >= 15 is 0 Å². The van der Waals surface area contributed by atoms with E-state index in [0.29, 0.717) is 23.7 Å². The molecule has 2 aromatic rings. The van der Waals surface area contributed by atoms with Gasteiger partial charge in [0.1, 0.15) is 0 Å². The number of hydrogen-bond acceptors (Lipinski definition) is 4. The Labute approximate surface area is 79.2 Å². The van der Waals surface area contributed by atoms with Gasteiger partial charge in [0.2, 0.25) is 5.95 Å². The molecule has 1 aliphatic rings. The smallest absolute Gasteiger partial charge is 0.283 e. The van der Waals surface area contributed by atoms with Crippen LogP contribution < -0.4 is 10.9 Å². The van der Waals surface area contributed by atoms with Crippen LogP contribution in [0.2, 0.25) is 0 Å². The molecule has 72 valence electrons. The normalized spacial score (nSPS) is 14.4. The van der Waals surface area contributed by atoms with E-state index in [2.05, 4.69) is 15.3 Å². The van der Waals surface area contributed by atoms with Gasteiger partial charge in [0.15, 0.2) is 11.2 Å². The Kier molecular flexibility index (Phi) is 1.26.